The lowest BCUT2D eigenvalue weighted by atomic mass is 9.85. The van der Waals surface area contributed by atoms with Crippen LogP contribution in [0.25, 0.3) is 0 Å². The highest BCUT2D eigenvalue weighted by molar-refractivity contribution is 5.86. The highest BCUT2D eigenvalue weighted by Gasteiger charge is 2.20. The molecular weight excluding hydrogens is 340 g/mol. The number of aromatic hydroxyl groups is 2. The second-order valence-electron chi connectivity index (χ2n) is 7.00. The first-order valence-electron chi connectivity index (χ1n) is 9.05. The summed E-state index contributed by atoms with van der Waals surface area (Å²) < 4.78 is 0. The Bertz CT molecular complexity index is 756. The lowest BCUT2D eigenvalue weighted by Crippen LogP contribution is -2.04. The van der Waals surface area contributed by atoms with Gasteiger partial charge in [0.2, 0.25) is 0 Å². The Hall–Kier alpha value is -2.75. The van der Waals surface area contributed by atoms with Crippen molar-refractivity contribution >= 4 is 5.97 Å². The third-order valence-corrected chi connectivity index (χ3v) is 4.49. The normalized spacial score (nSPS) is 12.4. The van der Waals surface area contributed by atoms with Gasteiger partial charge in [-0.3, -0.25) is 0 Å². The number of hydrogen-bond donors (Lipinski definition) is 3. The molecule has 146 valence electrons. The van der Waals surface area contributed by atoms with E-state index in [9.17, 15) is 20.1 Å². The first-order chi connectivity index (χ1) is 12.7. The van der Waals surface area contributed by atoms with Crippen LogP contribution in [-0.4, -0.2) is 21.3 Å². The molecule has 0 amide bonds. The number of hydrogen-bond acceptors (Lipinski definition) is 3. The molecule has 3 N–H and O–H groups in total. The summed E-state index contributed by atoms with van der Waals surface area (Å²) in [6.45, 7) is 15.4. The van der Waals surface area contributed by atoms with E-state index in [0.29, 0.717) is 24.0 Å². The Balaban J connectivity index is 3.23. The van der Waals surface area contributed by atoms with Crippen LogP contribution in [0.15, 0.2) is 60.7 Å². The molecule has 0 aliphatic carbocycles. The summed E-state index contributed by atoms with van der Waals surface area (Å²) in [6, 6.07) is 3.02. The molecule has 0 heterocycles. The first kappa shape index (κ1) is 22.3. The zero-order valence-corrected chi connectivity index (χ0v) is 16.3. The molecular formula is C23H30O4. The van der Waals surface area contributed by atoms with Crippen LogP contribution in [0.2, 0.25) is 0 Å². The monoisotopic (exact) mass is 370 g/mol. The average molecular weight is 370 g/mol. The van der Waals surface area contributed by atoms with Crippen LogP contribution in [0, 0.1) is 0 Å². The van der Waals surface area contributed by atoms with Crippen molar-refractivity contribution in [3.63, 3.8) is 0 Å². The van der Waals surface area contributed by atoms with E-state index >= 15 is 0 Å². The maximum absolute atomic E-state index is 11.4. The zero-order valence-electron chi connectivity index (χ0n) is 16.3. The number of carboxylic acid groups (broad SMARTS) is 1. The fourth-order valence-electron chi connectivity index (χ4n) is 2.97. The molecule has 0 aromatic heterocycles. The molecule has 1 aromatic rings. The van der Waals surface area contributed by atoms with Crippen molar-refractivity contribution in [2.75, 3.05) is 0 Å². The fourth-order valence-corrected chi connectivity index (χ4v) is 2.97. The summed E-state index contributed by atoms with van der Waals surface area (Å²) in [7, 11) is 0. The molecule has 0 saturated carbocycles. The molecule has 1 rings (SSSR count). The molecule has 1 atom stereocenters. The standard InChI is InChI=1S/C23H30O4/c1-6-7-8-17(23(26)27)10-11-18-13-19(24)14-21(22(18)25)20(16(4)5)12-9-15(2)3/h6,10,13-14,20,24-25H,1-2,4,7-9,11-12H2,3,5H3,(H,26,27)/b17-10-. The van der Waals surface area contributed by atoms with Crippen LogP contribution in [0.4, 0.5) is 0 Å². The van der Waals surface area contributed by atoms with Gasteiger partial charge in [-0.15, -0.1) is 13.2 Å². The van der Waals surface area contributed by atoms with E-state index in [-0.39, 0.29) is 29.4 Å². The minimum atomic E-state index is -0.988. The Morgan fingerprint density at radius 2 is 1.85 bits per heavy atom. The predicted molar refractivity (Wildman–Crippen MR) is 110 cm³/mol. The second-order valence-corrected chi connectivity index (χ2v) is 7.00. The van der Waals surface area contributed by atoms with Crippen LogP contribution in [0.5, 0.6) is 11.5 Å². The van der Waals surface area contributed by atoms with Crippen LogP contribution >= 0.6 is 0 Å². The molecule has 0 saturated heterocycles. The molecule has 0 aliphatic rings. The van der Waals surface area contributed by atoms with Crippen LogP contribution < -0.4 is 0 Å². The molecule has 0 aliphatic heterocycles. The SMILES string of the molecule is C=CCC/C(=C/Cc1cc(O)cc(C(CCC(=C)C)C(=C)C)c1O)C(=O)O. The van der Waals surface area contributed by atoms with Gasteiger partial charge in [-0.05, 0) is 58.1 Å². The molecule has 0 bridgehead atoms. The van der Waals surface area contributed by atoms with Gasteiger partial charge in [-0.1, -0.05) is 29.9 Å². The van der Waals surface area contributed by atoms with Crippen LogP contribution in [0.3, 0.4) is 0 Å². The van der Waals surface area contributed by atoms with E-state index in [1.807, 2.05) is 13.8 Å². The molecule has 4 heteroatoms. The number of allylic oxidation sites excluding steroid dienone is 4. The maximum Gasteiger partial charge on any atom is 0.331 e. The van der Waals surface area contributed by atoms with Gasteiger partial charge in [0, 0.05) is 22.6 Å². The smallest absolute Gasteiger partial charge is 0.331 e. The Kier molecular flexibility index (Phi) is 8.60. The van der Waals surface area contributed by atoms with E-state index in [1.165, 1.54) is 6.07 Å². The largest absolute Gasteiger partial charge is 0.508 e. The third kappa shape index (κ3) is 6.81. The minimum Gasteiger partial charge on any atom is -0.508 e. The van der Waals surface area contributed by atoms with Gasteiger partial charge in [0.05, 0.1) is 0 Å². The number of phenols is 2. The van der Waals surface area contributed by atoms with Crippen molar-refractivity contribution in [3.05, 3.63) is 71.9 Å². The molecule has 0 spiro atoms. The van der Waals surface area contributed by atoms with Crippen molar-refractivity contribution in [1.82, 2.24) is 0 Å². The van der Waals surface area contributed by atoms with Crippen molar-refractivity contribution in [2.24, 2.45) is 0 Å². The summed E-state index contributed by atoms with van der Waals surface area (Å²) in [5.74, 6) is -0.989. The quantitative estimate of drug-likeness (QED) is 0.268. The number of phenolic OH excluding ortho intramolecular Hbond substituents is 2. The van der Waals surface area contributed by atoms with Gasteiger partial charge in [0.25, 0.3) is 0 Å². The third-order valence-electron chi connectivity index (χ3n) is 4.49. The van der Waals surface area contributed by atoms with Gasteiger partial charge in [0.1, 0.15) is 11.5 Å². The highest BCUT2D eigenvalue weighted by Crippen LogP contribution is 2.39. The highest BCUT2D eigenvalue weighted by atomic mass is 16.4. The second kappa shape index (κ2) is 10.4. The number of carboxylic acids is 1. The van der Waals surface area contributed by atoms with E-state index in [0.717, 1.165) is 24.0 Å². The van der Waals surface area contributed by atoms with Gasteiger partial charge >= 0.3 is 5.97 Å². The van der Waals surface area contributed by atoms with Crippen molar-refractivity contribution in [2.45, 2.75) is 51.9 Å². The topological polar surface area (TPSA) is 77.8 Å². The van der Waals surface area contributed by atoms with Crippen LogP contribution in [-0.2, 0) is 11.2 Å². The van der Waals surface area contributed by atoms with Gasteiger partial charge in [-0.2, -0.15) is 0 Å². The van der Waals surface area contributed by atoms with E-state index in [4.69, 9.17) is 0 Å². The maximum atomic E-state index is 11.4. The van der Waals surface area contributed by atoms with Crippen molar-refractivity contribution < 1.29 is 20.1 Å². The minimum absolute atomic E-state index is 0.0377. The summed E-state index contributed by atoms with van der Waals surface area (Å²) in [5.41, 5.74) is 3.28. The number of rotatable bonds is 11. The van der Waals surface area contributed by atoms with E-state index in [2.05, 4.69) is 19.7 Å². The Morgan fingerprint density at radius 1 is 1.19 bits per heavy atom. The molecule has 1 aromatic carbocycles. The molecule has 1 unspecified atom stereocenters. The molecule has 0 fully saturated rings. The molecule has 27 heavy (non-hydrogen) atoms. The molecule has 4 nitrogen and oxygen atoms in total. The van der Waals surface area contributed by atoms with E-state index < -0.39 is 5.97 Å². The van der Waals surface area contributed by atoms with Gasteiger partial charge in [-0.25, -0.2) is 4.79 Å². The summed E-state index contributed by atoms with van der Waals surface area (Å²) in [5, 5.41) is 30.2. The number of benzene rings is 1. The summed E-state index contributed by atoms with van der Waals surface area (Å²) >= 11 is 0. The zero-order chi connectivity index (χ0) is 20.6. The van der Waals surface area contributed by atoms with E-state index in [1.54, 1.807) is 18.2 Å². The Labute approximate surface area is 161 Å². The van der Waals surface area contributed by atoms with Gasteiger partial charge in [0.15, 0.2) is 0 Å². The number of aliphatic carboxylic acids is 1. The number of carbonyl (C=O) groups is 1. The predicted octanol–water partition coefficient (Wildman–Crippen LogP) is 5.63. The lowest BCUT2D eigenvalue weighted by molar-refractivity contribution is -0.132. The molecule has 0 radical (unpaired) electrons. The fraction of sp³-hybridized carbons (Fsp3) is 0.348. The lowest BCUT2D eigenvalue weighted by Gasteiger charge is -2.21. The van der Waals surface area contributed by atoms with Crippen molar-refractivity contribution in [1.29, 1.82) is 0 Å². The summed E-state index contributed by atoms with van der Waals surface area (Å²) in [4.78, 5) is 11.4. The Morgan fingerprint density at radius 3 is 2.37 bits per heavy atom. The van der Waals surface area contributed by atoms with Gasteiger partial charge < -0.3 is 15.3 Å². The average Bonchev–Trinajstić information content (AvgIpc) is 2.57. The first-order valence-corrected chi connectivity index (χ1v) is 9.05. The summed E-state index contributed by atoms with van der Waals surface area (Å²) in [6.07, 6.45) is 5.92. The van der Waals surface area contributed by atoms with Crippen LogP contribution in [0.1, 0.15) is 56.6 Å². The van der Waals surface area contributed by atoms with Crippen molar-refractivity contribution in [3.8, 4) is 11.5 Å².